The van der Waals surface area contributed by atoms with Crippen LogP contribution in [0.15, 0.2) is 36.4 Å². The van der Waals surface area contributed by atoms with Crippen molar-refractivity contribution in [2.24, 2.45) is 0 Å². The van der Waals surface area contributed by atoms with E-state index in [2.05, 4.69) is 10.6 Å². The Kier molecular flexibility index (Phi) is 7.49. The minimum Gasteiger partial charge on any atom is -0.444 e. The summed E-state index contributed by atoms with van der Waals surface area (Å²) in [6.45, 7) is 4.01. The number of hydrogen-bond acceptors (Lipinski definition) is 4. The molecule has 0 heterocycles. The van der Waals surface area contributed by atoms with Crippen molar-refractivity contribution in [2.45, 2.75) is 63.2 Å². The van der Waals surface area contributed by atoms with Gasteiger partial charge in [-0.15, -0.1) is 0 Å². The highest BCUT2D eigenvalue weighted by Crippen LogP contribution is 2.43. The maximum absolute atomic E-state index is 13.9. The van der Waals surface area contributed by atoms with Gasteiger partial charge in [-0.25, -0.2) is 4.79 Å². The van der Waals surface area contributed by atoms with Gasteiger partial charge in [0, 0.05) is 10.7 Å². The van der Waals surface area contributed by atoms with Gasteiger partial charge in [0.2, 0.25) is 5.60 Å². The molecule has 12 heteroatoms. The van der Waals surface area contributed by atoms with Crippen LogP contribution >= 0.6 is 11.6 Å². The minimum atomic E-state index is -5.31. The second kappa shape index (κ2) is 9.66. The summed E-state index contributed by atoms with van der Waals surface area (Å²) >= 11 is 5.64. The smallest absolute Gasteiger partial charge is 0.423 e. The zero-order valence-electron chi connectivity index (χ0n) is 19.6. The maximum Gasteiger partial charge on any atom is 0.423 e. The zero-order valence-corrected chi connectivity index (χ0v) is 20.3. The van der Waals surface area contributed by atoms with E-state index in [1.165, 1.54) is 6.07 Å². The number of hydrogen-bond donors (Lipinski definition) is 3. The normalized spacial score (nSPS) is 17.8. The Labute approximate surface area is 208 Å². The molecular weight excluding hydrogens is 514 g/mol. The number of anilines is 1. The topological polar surface area (TPSA) is 70.6 Å². The molecule has 0 saturated carbocycles. The second-order valence-corrected chi connectivity index (χ2v) is 10.0. The van der Waals surface area contributed by atoms with Gasteiger partial charge in [0.05, 0.1) is 18.2 Å². The van der Waals surface area contributed by atoms with E-state index in [0.717, 1.165) is 11.1 Å². The lowest BCUT2D eigenvalue weighted by atomic mass is 9.91. The molecule has 3 N–H and O–H groups in total. The van der Waals surface area contributed by atoms with Crippen LogP contribution in [-0.4, -0.2) is 29.5 Å². The number of nitrogens with one attached hydrogen (secondary N) is 2. The molecule has 0 unspecified atom stereocenters. The van der Waals surface area contributed by atoms with Gasteiger partial charge in [-0.3, -0.25) is 0 Å². The highest BCUT2D eigenvalue weighted by atomic mass is 35.5. The van der Waals surface area contributed by atoms with Crippen LogP contribution in [0.2, 0.25) is 5.02 Å². The Hall–Kier alpha value is -2.66. The van der Waals surface area contributed by atoms with Gasteiger partial charge >= 0.3 is 18.4 Å². The summed E-state index contributed by atoms with van der Waals surface area (Å²) in [4.78, 5) is 12.1. The van der Waals surface area contributed by atoms with E-state index in [4.69, 9.17) is 16.3 Å². The highest BCUT2D eigenvalue weighted by molar-refractivity contribution is 6.30. The molecule has 0 aromatic heterocycles. The number of amides is 1. The van der Waals surface area contributed by atoms with Gasteiger partial charge in [-0.05, 0) is 80.6 Å². The molecule has 0 fully saturated rings. The third-order valence-electron chi connectivity index (χ3n) is 5.63. The van der Waals surface area contributed by atoms with Crippen molar-refractivity contribution in [1.82, 2.24) is 5.32 Å². The number of fused-ring (bicyclic) bond motifs is 1. The third kappa shape index (κ3) is 6.36. The number of carbonyl (C=O) groups excluding carboxylic acids is 1. The number of alkyl carbamates (subject to hydrolysis) is 1. The molecule has 36 heavy (non-hydrogen) atoms. The van der Waals surface area contributed by atoms with Crippen LogP contribution in [0.25, 0.3) is 0 Å². The average molecular weight is 539 g/mol. The van der Waals surface area contributed by atoms with E-state index in [9.17, 15) is 36.2 Å². The molecule has 0 bridgehead atoms. The first-order valence-corrected chi connectivity index (χ1v) is 11.3. The lowest BCUT2D eigenvalue weighted by Crippen LogP contribution is -2.48. The van der Waals surface area contributed by atoms with Crippen molar-refractivity contribution in [3.63, 3.8) is 0 Å². The quantitative estimate of drug-likeness (QED) is 0.369. The number of rotatable bonds is 5. The van der Waals surface area contributed by atoms with Crippen LogP contribution in [0.3, 0.4) is 0 Å². The van der Waals surface area contributed by atoms with E-state index in [0.29, 0.717) is 25.0 Å². The molecule has 198 valence electrons. The van der Waals surface area contributed by atoms with Crippen molar-refractivity contribution in [2.75, 3.05) is 11.9 Å². The molecule has 3 rings (SSSR count). The summed E-state index contributed by atoms with van der Waals surface area (Å²) < 4.78 is 86.3. The molecule has 0 spiro atoms. The number of carbonyl (C=O) groups is 1. The van der Waals surface area contributed by atoms with Crippen LogP contribution in [0.4, 0.5) is 36.8 Å². The molecule has 0 aliphatic heterocycles. The molecule has 0 radical (unpaired) electrons. The largest absolute Gasteiger partial charge is 0.444 e. The SMILES string of the molecule is CC(C)(C)OC(=O)N[C@H]1CCc2cc(NC[C@@](O)(c3cc(Cl)cc(C(F)(F)F)c3)C(F)(F)F)ccc21. The lowest BCUT2D eigenvalue weighted by Gasteiger charge is -2.32. The summed E-state index contributed by atoms with van der Waals surface area (Å²) in [6, 6.07) is 5.69. The van der Waals surface area contributed by atoms with E-state index >= 15 is 0 Å². The first kappa shape index (κ1) is 27.9. The Bertz CT molecular complexity index is 1130. The lowest BCUT2D eigenvalue weighted by molar-refractivity contribution is -0.260. The van der Waals surface area contributed by atoms with Crippen LogP contribution in [0, 0.1) is 0 Å². The van der Waals surface area contributed by atoms with Crippen molar-refractivity contribution in [3.8, 4) is 0 Å². The van der Waals surface area contributed by atoms with E-state index in [-0.39, 0.29) is 17.8 Å². The van der Waals surface area contributed by atoms with Crippen LogP contribution in [0.1, 0.15) is 55.5 Å². The zero-order chi connectivity index (χ0) is 27.1. The Morgan fingerprint density at radius 2 is 1.69 bits per heavy atom. The molecule has 1 aliphatic carbocycles. The average Bonchev–Trinajstić information content (AvgIpc) is 3.10. The molecule has 2 aromatic rings. The Morgan fingerprint density at radius 3 is 2.28 bits per heavy atom. The van der Waals surface area contributed by atoms with Crippen LogP contribution < -0.4 is 10.6 Å². The Balaban J connectivity index is 1.81. The minimum absolute atomic E-state index is 0.215. The van der Waals surface area contributed by atoms with Crippen molar-refractivity contribution < 1.29 is 41.0 Å². The monoisotopic (exact) mass is 538 g/mol. The third-order valence-corrected chi connectivity index (χ3v) is 5.85. The second-order valence-electron chi connectivity index (χ2n) is 9.59. The Morgan fingerprint density at radius 1 is 1.06 bits per heavy atom. The summed E-state index contributed by atoms with van der Waals surface area (Å²) in [5.41, 5.74) is -5.04. The van der Waals surface area contributed by atoms with Gasteiger partial charge in [0.25, 0.3) is 0 Å². The first-order chi connectivity index (χ1) is 16.4. The van der Waals surface area contributed by atoms with Gasteiger partial charge < -0.3 is 20.5 Å². The van der Waals surface area contributed by atoms with Crippen LogP contribution in [-0.2, 0) is 22.9 Å². The fraction of sp³-hybridized carbons (Fsp3) is 0.458. The number of aryl methyl sites for hydroxylation is 1. The number of ether oxygens (including phenoxy) is 1. The van der Waals surface area contributed by atoms with Crippen molar-refractivity contribution in [3.05, 3.63) is 63.7 Å². The van der Waals surface area contributed by atoms with Gasteiger partial charge in [0.1, 0.15) is 5.60 Å². The fourth-order valence-corrected chi connectivity index (χ4v) is 4.15. The molecule has 2 atom stereocenters. The predicted octanol–water partition coefficient (Wildman–Crippen LogP) is 6.73. The number of alkyl halides is 6. The van der Waals surface area contributed by atoms with Crippen LogP contribution in [0.5, 0.6) is 0 Å². The first-order valence-electron chi connectivity index (χ1n) is 10.9. The summed E-state index contributed by atoms with van der Waals surface area (Å²) in [7, 11) is 0. The van der Waals surface area contributed by atoms with Gasteiger partial charge in [0.15, 0.2) is 0 Å². The fourth-order valence-electron chi connectivity index (χ4n) is 3.92. The molecule has 1 amide bonds. The summed E-state index contributed by atoms with van der Waals surface area (Å²) in [6.07, 6.45) is -9.79. The summed E-state index contributed by atoms with van der Waals surface area (Å²) in [5.74, 6) is 0. The van der Waals surface area contributed by atoms with E-state index in [1.807, 2.05) is 0 Å². The molecule has 2 aromatic carbocycles. The molecular formula is C24H25ClF6N2O3. The van der Waals surface area contributed by atoms with E-state index < -0.39 is 52.3 Å². The predicted molar refractivity (Wildman–Crippen MR) is 122 cm³/mol. The number of benzene rings is 2. The highest BCUT2D eigenvalue weighted by Gasteiger charge is 2.55. The van der Waals surface area contributed by atoms with Gasteiger partial charge in [-0.2, -0.15) is 26.3 Å². The maximum atomic E-state index is 13.9. The molecule has 5 nitrogen and oxygen atoms in total. The standard InChI is InChI=1S/C24H25ClF6N2O3/c1-21(2,3)36-20(34)33-19-7-4-13-8-17(5-6-18(13)19)32-12-22(35,24(29,30)31)14-9-15(23(26,27)28)11-16(25)10-14/h5-6,8-11,19,32,35H,4,7,12H2,1-3H3,(H,33,34)/t19-,22+/m0/s1. The van der Waals surface area contributed by atoms with E-state index in [1.54, 1.807) is 32.9 Å². The van der Waals surface area contributed by atoms with Gasteiger partial charge in [-0.1, -0.05) is 17.7 Å². The summed E-state index contributed by atoms with van der Waals surface area (Å²) in [5, 5.41) is 15.2. The number of aliphatic hydroxyl groups is 1. The molecule has 0 saturated heterocycles. The number of halogens is 7. The van der Waals surface area contributed by atoms with Crippen molar-refractivity contribution >= 4 is 23.4 Å². The molecule has 1 aliphatic rings. The van der Waals surface area contributed by atoms with Crippen molar-refractivity contribution in [1.29, 1.82) is 0 Å².